The SMILES string of the molecule is Cc1ccc(CC(=O)N[C@H]2CCc3nnc(-c4ccccc4)n3C2)cn1. The van der Waals surface area contributed by atoms with E-state index in [1.165, 1.54) is 0 Å². The van der Waals surface area contributed by atoms with Gasteiger partial charge in [0.1, 0.15) is 5.82 Å². The maximum Gasteiger partial charge on any atom is 0.224 e. The van der Waals surface area contributed by atoms with Gasteiger partial charge < -0.3 is 9.88 Å². The predicted octanol–water partition coefficient (Wildman–Crippen LogP) is 2.32. The number of nitrogens with zero attached hydrogens (tertiary/aromatic N) is 4. The Balaban J connectivity index is 1.44. The summed E-state index contributed by atoms with van der Waals surface area (Å²) in [5.74, 6) is 1.87. The van der Waals surface area contributed by atoms with Crippen molar-refractivity contribution < 1.29 is 4.79 Å². The van der Waals surface area contributed by atoms with E-state index < -0.39 is 0 Å². The molecule has 1 N–H and O–H groups in total. The average molecular weight is 347 g/mol. The van der Waals surface area contributed by atoms with Crippen LogP contribution in [0.5, 0.6) is 0 Å². The number of aryl methyl sites for hydroxylation is 2. The van der Waals surface area contributed by atoms with E-state index in [4.69, 9.17) is 0 Å². The summed E-state index contributed by atoms with van der Waals surface area (Å²) in [4.78, 5) is 16.6. The highest BCUT2D eigenvalue weighted by Crippen LogP contribution is 2.22. The second-order valence-electron chi connectivity index (χ2n) is 6.70. The number of carbonyl (C=O) groups is 1. The summed E-state index contributed by atoms with van der Waals surface area (Å²) >= 11 is 0. The molecule has 6 nitrogen and oxygen atoms in total. The number of benzene rings is 1. The van der Waals surface area contributed by atoms with Crippen LogP contribution in [0.4, 0.5) is 0 Å². The molecule has 0 radical (unpaired) electrons. The molecule has 26 heavy (non-hydrogen) atoms. The number of fused-ring (bicyclic) bond motifs is 1. The standard InChI is InChI=1S/C20H21N5O/c1-14-7-8-15(12-21-14)11-19(26)22-17-9-10-18-23-24-20(25(18)13-17)16-5-3-2-4-6-16/h2-8,12,17H,9-11,13H2,1H3,(H,22,26)/t17-/m0/s1. The molecule has 6 heteroatoms. The molecular weight excluding hydrogens is 326 g/mol. The minimum Gasteiger partial charge on any atom is -0.351 e. The lowest BCUT2D eigenvalue weighted by atomic mass is 10.1. The molecule has 2 aromatic heterocycles. The van der Waals surface area contributed by atoms with Crippen LogP contribution in [0.25, 0.3) is 11.4 Å². The van der Waals surface area contributed by atoms with E-state index in [2.05, 4.69) is 25.1 Å². The average Bonchev–Trinajstić information content (AvgIpc) is 3.07. The number of amides is 1. The van der Waals surface area contributed by atoms with Crippen LogP contribution in [0.1, 0.15) is 23.5 Å². The van der Waals surface area contributed by atoms with Crippen LogP contribution >= 0.6 is 0 Å². The van der Waals surface area contributed by atoms with E-state index in [0.29, 0.717) is 13.0 Å². The largest absolute Gasteiger partial charge is 0.351 e. The lowest BCUT2D eigenvalue weighted by Crippen LogP contribution is -2.41. The van der Waals surface area contributed by atoms with E-state index in [0.717, 1.165) is 41.3 Å². The Labute approximate surface area is 152 Å². The van der Waals surface area contributed by atoms with Crippen molar-refractivity contribution in [2.45, 2.75) is 38.8 Å². The molecule has 1 atom stereocenters. The molecule has 132 valence electrons. The molecule has 0 saturated carbocycles. The fourth-order valence-electron chi connectivity index (χ4n) is 3.31. The highest BCUT2D eigenvalue weighted by molar-refractivity contribution is 5.78. The normalized spacial score (nSPS) is 16.1. The molecule has 1 aliphatic heterocycles. The Morgan fingerprint density at radius 1 is 1.19 bits per heavy atom. The Bertz CT molecular complexity index is 902. The van der Waals surface area contributed by atoms with Crippen molar-refractivity contribution in [1.29, 1.82) is 0 Å². The molecule has 3 aromatic rings. The summed E-state index contributed by atoms with van der Waals surface area (Å²) in [5, 5.41) is 11.8. The second kappa shape index (κ2) is 7.07. The number of hydrogen-bond donors (Lipinski definition) is 1. The third-order valence-corrected chi connectivity index (χ3v) is 4.68. The van der Waals surface area contributed by atoms with Crippen molar-refractivity contribution in [3.8, 4) is 11.4 Å². The summed E-state index contributed by atoms with van der Waals surface area (Å²) < 4.78 is 2.12. The van der Waals surface area contributed by atoms with Crippen molar-refractivity contribution in [1.82, 2.24) is 25.1 Å². The van der Waals surface area contributed by atoms with Gasteiger partial charge in [-0.25, -0.2) is 0 Å². The van der Waals surface area contributed by atoms with Crippen LogP contribution in [0.3, 0.4) is 0 Å². The van der Waals surface area contributed by atoms with Gasteiger partial charge >= 0.3 is 0 Å². The molecule has 1 amide bonds. The maximum atomic E-state index is 12.4. The predicted molar refractivity (Wildman–Crippen MR) is 98.4 cm³/mol. The molecule has 0 unspecified atom stereocenters. The van der Waals surface area contributed by atoms with Crippen molar-refractivity contribution in [2.24, 2.45) is 0 Å². The minimum absolute atomic E-state index is 0.0263. The molecular formula is C20H21N5O. The Kier molecular flexibility index (Phi) is 4.48. The summed E-state index contributed by atoms with van der Waals surface area (Å²) in [6.07, 6.45) is 3.81. The summed E-state index contributed by atoms with van der Waals surface area (Å²) in [7, 11) is 0. The quantitative estimate of drug-likeness (QED) is 0.786. The van der Waals surface area contributed by atoms with E-state index in [9.17, 15) is 4.79 Å². The summed E-state index contributed by atoms with van der Waals surface area (Å²) in [6, 6.07) is 14.0. The summed E-state index contributed by atoms with van der Waals surface area (Å²) in [5.41, 5.74) is 2.93. The molecule has 0 saturated heterocycles. The van der Waals surface area contributed by atoms with Gasteiger partial charge in [-0.1, -0.05) is 36.4 Å². The van der Waals surface area contributed by atoms with Crippen molar-refractivity contribution >= 4 is 5.91 Å². The molecule has 0 fully saturated rings. The zero-order valence-electron chi connectivity index (χ0n) is 14.7. The van der Waals surface area contributed by atoms with E-state index in [1.54, 1.807) is 6.20 Å². The molecule has 4 rings (SSSR count). The number of pyridine rings is 1. The first-order valence-corrected chi connectivity index (χ1v) is 8.87. The van der Waals surface area contributed by atoms with Gasteiger partial charge in [-0.3, -0.25) is 9.78 Å². The van der Waals surface area contributed by atoms with Crippen LogP contribution in [-0.4, -0.2) is 31.7 Å². The smallest absolute Gasteiger partial charge is 0.224 e. The zero-order valence-corrected chi connectivity index (χ0v) is 14.7. The topological polar surface area (TPSA) is 72.7 Å². The number of hydrogen-bond acceptors (Lipinski definition) is 4. The molecule has 1 aliphatic rings. The monoisotopic (exact) mass is 347 g/mol. The van der Waals surface area contributed by atoms with E-state index in [1.807, 2.05) is 49.4 Å². The number of carbonyl (C=O) groups excluding carboxylic acids is 1. The molecule has 0 spiro atoms. The first-order chi connectivity index (χ1) is 12.7. The fourth-order valence-corrected chi connectivity index (χ4v) is 3.31. The van der Waals surface area contributed by atoms with Gasteiger partial charge in [0, 0.05) is 36.5 Å². The van der Waals surface area contributed by atoms with Crippen LogP contribution in [0.15, 0.2) is 48.7 Å². The van der Waals surface area contributed by atoms with Crippen LogP contribution in [0.2, 0.25) is 0 Å². The van der Waals surface area contributed by atoms with E-state index >= 15 is 0 Å². The minimum atomic E-state index is 0.0263. The zero-order chi connectivity index (χ0) is 17.9. The van der Waals surface area contributed by atoms with Crippen LogP contribution < -0.4 is 5.32 Å². The number of nitrogens with one attached hydrogen (secondary N) is 1. The lowest BCUT2D eigenvalue weighted by Gasteiger charge is -2.25. The van der Waals surface area contributed by atoms with Gasteiger partial charge in [0.05, 0.1) is 6.42 Å². The Hall–Kier alpha value is -3.02. The number of aromatic nitrogens is 4. The molecule has 1 aromatic carbocycles. The first kappa shape index (κ1) is 16.4. The molecule has 0 bridgehead atoms. The van der Waals surface area contributed by atoms with Crippen LogP contribution in [0, 0.1) is 6.92 Å². The Morgan fingerprint density at radius 2 is 2.04 bits per heavy atom. The van der Waals surface area contributed by atoms with E-state index in [-0.39, 0.29) is 11.9 Å². The number of rotatable bonds is 4. The van der Waals surface area contributed by atoms with Gasteiger partial charge in [-0.15, -0.1) is 10.2 Å². The Morgan fingerprint density at radius 3 is 2.81 bits per heavy atom. The van der Waals surface area contributed by atoms with Crippen molar-refractivity contribution in [3.63, 3.8) is 0 Å². The summed E-state index contributed by atoms with van der Waals surface area (Å²) in [6.45, 7) is 2.64. The molecule has 3 heterocycles. The van der Waals surface area contributed by atoms with Crippen LogP contribution in [-0.2, 0) is 24.2 Å². The third-order valence-electron chi connectivity index (χ3n) is 4.68. The highest BCUT2D eigenvalue weighted by Gasteiger charge is 2.24. The second-order valence-corrected chi connectivity index (χ2v) is 6.70. The maximum absolute atomic E-state index is 12.4. The highest BCUT2D eigenvalue weighted by atomic mass is 16.1. The molecule has 0 aliphatic carbocycles. The van der Waals surface area contributed by atoms with Gasteiger partial charge in [0.15, 0.2) is 5.82 Å². The van der Waals surface area contributed by atoms with Gasteiger partial charge in [0.25, 0.3) is 0 Å². The lowest BCUT2D eigenvalue weighted by molar-refractivity contribution is -0.121. The van der Waals surface area contributed by atoms with Gasteiger partial charge in [0.2, 0.25) is 5.91 Å². The van der Waals surface area contributed by atoms with Gasteiger partial charge in [-0.2, -0.15) is 0 Å². The van der Waals surface area contributed by atoms with Crippen molar-refractivity contribution in [2.75, 3.05) is 0 Å². The van der Waals surface area contributed by atoms with Gasteiger partial charge in [-0.05, 0) is 25.0 Å². The van der Waals surface area contributed by atoms with Crippen molar-refractivity contribution in [3.05, 3.63) is 65.7 Å². The third kappa shape index (κ3) is 3.49. The first-order valence-electron chi connectivity index (χ1n) is 8.87. The fraction of sp³-hybridized carbons (Fsp3) is 0.300.